The summed E-state index contributed by atoms with van der Waals surface area (Å²) >= 11 is 7.16. The maximum atomic E-state index is 13.2. The highest BCUT2D eigenvalue weighted by Crippen LogP contribution is 2.36. The summed E-state index contributed by atoms with van der Waals surface area (Å²) in [6, 6.07) is 14.1. The van der Waals surface area contributed by atoms with Gasteiger partial charge in [0.05, 0.1) is 10.9 Å². The number of aliphatic imine (C=N–C) groups is 2. The van der Waals surface area contributed by atoms with E-state index in [1.54, 1.807) is 36.1 Å². The van der Waals surface area contributed by atoms with Crippen LogP contribution in [0.3, 0.4) is 0 Å². The van der Waals surface area contributed by atoms with E-state index in [-0.39, 0.29) is 17.7 Å². The standard InChI is InChI=1S/C23H23ClN4O2S/c1-4-13(2)19-22(30)28-20(27-19)17-7-5-6-8-18(17)26-23(28)31-14(3)21(29)25-16-11-9-15(24)10-12-16/h5-14,19H,4H2,1-3H3,(H,25,29). The molecule has 2 aromatic rings. The van der Waals surface area contributed by atoms with Crippen LogP contribution in [0.2, 0.25) is 5.02 Å². The molecule has 0 bridgehead atoms. The predicted molar refractivity (Wildman–Crippen MR) is 127 cm³/mol. The quantitative estimate of drug-likeness (QED) is 0.682. The SMILES string of the molecule is CCC(C)C1N=C2c3ccccc3N=C(SC(C)C(=O)Nc3ccc(Cl)cc3)N2C1=O. The molecule has 0 aromatic heterocycles. The van der Waals surface area contributed by atoms with Crippen LogP contribution in [0.4, 0.5) is 11.4 Å². The highest BCUT2D eigenvalue weighted by Gasteiger charge is 2.43. The zero-order valence-corrected chi connectivity index (χ0v) is 19.1. The number of thioether (sulfide) groups is 1. The minimum atomic E-state index is -0.476. The lowest BCUT2D eigenvalue weighted by atomic mass is 10.00. The number of halogens is 1. The molecule has 2 aromatic carbocycles. The Labute approximate surface area is 190 Å². The molecular formula is C23H23ClN4O2S. The molecule has 1 N–H and O–H groups in total. The number of nitrogens with zero attached hydrogens (tertiary/aromatic N) is 3. The lowest BCUT2D eigenvalue weighted by molar-refractivity contribution is -0.125. The van der Waals surface area contributed by atoms with Gasteiger partial charge < -0.3 is 5.32 Å². The number of hydrogen-bond donors (Lipinski definition) is 1. The van der Waals surface area contributed by atoms with E-state index in [1.807, 2.05) is 31.2 Å². The maximum absolute atomic E-state index is 13.2. The van der Waals surface area contributed by atoms with E-state index in [4.69, 9.17) is 21.6 Å². The molecule has 3 atom stereocenters. The van der Waals surface area contributed by atoms with Gasteiger partial charge in [-0.05, 0) is 49.2 Å². The highest BCUT2D eigenvalue weighted by atomic mass is 35.5. The topological polar surface area (TPSA) is 74.1 Å². The first-order valence-electron chi connectivity index (χ1n) is 10.2. The second-order valence-electron chi connectivity index (χ2n) is 7.62. The van der Waals surface area contributed by atoms with E-state index >= 15 is 0 Å². The van der Waals surface area contributed by atoms with Crippen molar-refractivity contribution in [3.63, 3.8) is 0 Å². The van der Waals surface area contributed by atoms with Crippen molar-refractivity contribution in [1.29, 1.82) is 0 Å². The van der Waals surface area contributed by atoms with Crippen LogP contribution in [0, 0.1) is 5.92 Å². The molecule has 0 aliphatic carbocycles. The number of benzene rings is 2. The summed E-state index contributed by atoms with van der Waals surface area (Å²) in [5.41, 5.74) is 2.25. The third-order valence-electron chi connectivity index (χ3n) is 5.45. The molecule has 2 heterocycles. The van der Waals surface area contributed by atoms with Crippen LogP contribution < -0.4 is 5.32 Å². The summed E-state index contributed by atoms with van der Waals surface area (Å²) in [6.45, 7) is 5.88. The van der Waals surface area contributed by atoms with Crippen LogP contribution in [0.1, 0.15) is 32.8 Å². The number of carbonyl (C=O) groups excluding carboxylic acids is 2. The fourth-order valence-corrected chi connectivity index (χ4v) is 4.47. The third kappa shape index (κ3) is 4.25. The van der Waals surface area contributed by atoms with Crippen molar-refractivity contribution in [2.75, 3.05) is 5.32 Å². The van der Waals surface area contributed by atoms with E-state index in [0.29, 0.717) is 21.7 Å². The first-order chi connectivity index (χ1) is 14.9. The molecule has 2 aliphatic heterocycles. The van der Waals surface area contributed by atoms with Crippen molar-refractivity contribution in [2.24, 2.45) is 15.9 Å². The van der Waals surface area contributed by atoms with Gasteiger partial charge in [-0.1, -0.05) is 55.8 Å². The normalized spacial score (nSPS) is 19.2. The van der Waals surface area contributed by atoms with E-state index in [1.165, 1.54) is 11.8 Å². The van der Waals surface area contributed by atoms with Crippen molar-refractivity contribution >= 4 is 57.6 Å². The monoisotopic (exact) mass is 454 g/mol. The number of amidine groups is 2. The largest absolute Gasteiger partial charge is 0.325 e. The average molecular weight is 455 g/mol. The van der Waals surface area contributed by atoms with Crippen LogP contribution >= 0.6 is 23.4 Å². The van der Waals surface area contributed by atoms with Gasteiger partial charge in [-0.2, -0.15) is 0 Å². The van der Waals surface area contributed by atoms with Gasteiger partial charge in [0.15, 0.2) is 5.17 Å². The van der Waals surface area contributed by atoms with Crippen molar-refractivity contribution in [1.82, 2.24) is 4.90 Å². The summed E-state index contributed by atoms with van der Waals surface area (Å²) in [5, 5.41) is 3.48. The molecule has 0 saturated heterocycles. The number of para-hydroxylation sites is 1. The van der Waals surface area contributed by atoms with Crippen molar-refractivity contribution < 1.29 is 9.59 Å². The molecule has 0 radical (unpaired) electrons. The van der Waals surface area contributed by atoms with E-state index < -0.39 is 11.3 Å². The molecule has 3 unspecified atom stereocenters. The Kier molecular flexibility index (Phi) is 6.16. The Bertz CT molecular complexity index is 1080. The zero-order valence-electron chi connectivity index (χ0n) is 17.5. The van der Waals surface area contributed by atoms with E-state index in [9.17, 15) is 9.59 Å². The van der Waals surface area contributed by atoms with Gasteiger partial charge in [-0.25, -0.2) is 9.89 Å². The molecule has 6 nitrogen and oxygen atoms in total. The van der Waals surface area contributed by atoms with Gasteiger partial charge in [0.2, 0.25) is 5.91 Å². The third-order valence-corrected chi connectivity index (χ3v) is 6.75. The summed E-state index contributed by atoms with van der Waals surface area (Å²) in [4.78, 5) is 37.0. The van der Waals surface area contributed by atoms with Crippen molar-refractivity contribution in [3.8, 4) is 0 Å². The fourth-order valence-electron chi connectivity index (χ4n) is 3.43. The Morgan fingerprint density at radius 2 is 1.90 bits per heavy atom. The molecular weight excluding hydrogens is 432 g/mol. The summed E-state index contributed by atoms with van der Waals surface area (Å²) in [7, 11) is 0. The second kappa shape index (κ2) is 8.85. The first kappa shape index (κ1) is 21.6. The maximum Gasteiger partial charge on any atom is 0.259 e. The second-order valence-corrected chi connectivity index (χ2v) is 9.37. The molecule has 0 spiro atoms. The Balaban J connectivity index is 1.59. The van der Waals surface area contributed by atoms with Crippen molar-refractivity contribution in [3.05, 3.63) is 59.1 Å². The first-order valence-corrected chi connectivity index (χ1v) is 11.5. The Morgan fingerprint density at radius 3 is 2.61 bits per heavy atom. The average Bonchev–Trinajstić information content (AvgIpc) is 3.12. The lowest BCUT2D eigenvalue weighted by Crippen LogP contribution is -2.43. The Hall–Kier alpha value is -2.64. The molecule has 31 heavy (non-hydrogen) atoms. The lowest BCUT2D eigenvalue weighted by Gasteiger charge is -2.27. The molecule has 2 amide bonds. The number of carbonyl (C=O) groups is 2. The summed E-state index contributed by atoms with van der Waals surface area (Å²) in [6.07, 6.45) is 0.849. The smallest absolute Gasteiger partial charge is 0.259 e. The van der Waals surface area contributed by atoms with Crippen LogP contribution in [-0.2, 0) is 9.59 Å². The minimum absolute atomic E-state index is 0.0876. The summed E-state index contributed by atoms with van der Waals surface area (Å²) in [5.74, 6) is 0.469. The minimum Gasteiger partial charge on any atom is -0.325 e. The number of rotatable bonds is 5. The van der Waals surface area contributed by atoms with E-state index in [2.05, 4.69) is 12.2 Å². The van der Waals surface area contributed by atoms with Crippen LogP contribution in [0.5, 0.6) is 0 Å². The Morgan fingerprint density at radius 1 is 1.19 bits per heavy atom. The van der Waals surface area contributed by atoms with Gasteiger partial charge >= 0.3 is 0 Å². The fraction of sp³-hybridized carbons (Fsp3) is 0.304. The molecule has 4 rings (SSSR count). The summed E-state index contributed by atoms with van der Waals surface area (Å²) < 4.78 is 0. The van der Waals surface area contributed by atoms with Crippen LogP contribution in [0.25, 0.3) is 0 Å². The molecule has 8 heteroatoms. The van der Waals surface area contributed by atoms with E-state index in [0.717, 1.165) is 17.7 Å². The van der Waals surface area contributed by atoms with Gasteiger partial charge in [-0.15, -0.1) is 0 Å². The van der Waals surface area contributed by atoms with Crippen LogP contribution in [-0.4, -0.2) is 39.0 Å². The zero-order chi connectivity index (χ0) is 22.1. The van der Waals surface area contributed by atoms with Gasteiger partial charge in [-0.3, -0.25) is 14.6 Å². The predicted octanol–water partition coefficient (Wildman–Crippen LogP) is 5.11. The molecule has 160 valence electrons. The van der Waals surface area contributed by atoms with Crippen molar-refractivity contribution in [2.45, 2.75) is 38.5 Å². The number of anilines is 1. The molecule has 0 fully saturated rings. The van der Waals surface area contributed by atoms with Gasteiger partial charge in [0.1, 0.15) is 11.9 Å². The number of nitrogens with one attached hydrogen (secondary N) is 1. The van der Waals surface area contributed by atoms with Gasteiger partial charge in [0.25, 0.3) is 5.91 Å². The van der Waals surface area contributed by atoms with Crippen LogP contribution in [0.15, 0.2) is 58.5 Å². The molecule has 0 saturated carbocycles. The number of amides is 2. The number of fused-ring (bicyclic) bond motifs is 3. The highest BCUT2D eigenvalue weighted by molar-refractivity contribution is 8.15. The molecule has 2 aliphatic rings. The van der Waals surface area contributed by atoms with Gasteiger partial charge in [0, 0.05) is 16.3 Å². The number of hydrogen-bond acceptors (Lipinski definition) is 5.